The highest BCUT2D eigenvalue weighted by Gasteiger charge is 2.19. The van der Waals surface area contributed by atoms with Gasteiger partial charge >= 0.3 is 5.97 Å². The molecule has 1 aromatic heterocycles. The summed E-state index contributed by atoms with van der Waals surface area (Å²) in [7, 11) is 1.44. The van der Waals surface area contributed by atoms with Crippen LogP contribution in [0.5, 0.6) is 11.5 Å². The summed E-state index contributed by atoms with van der Waals surface area (Å²) in [6.45, 7) is 1.64. The Kier molecular flexibility index (Phi) is 3.08. The molecule has 6 nitrogen and oxygen atoms in total. The van der Waals surface area contributed by atoms with Crippen LogP contribution in [0.25, 0.3) is 11.3 Å². The van der Waals surface area contributed by atoms with Gasteiger partial charge in [-0.2, -0.15) is 0 Å². The van der Waals surface area contributed by atoms with Crippen LogP contribution in [-0.2, 0) is 0 Å². The number of phenolic OH excluding ortho intramolecular Hbond substituents is 1. The van der Waals surface area contributed by atoms with Gasteiger partial charge in [0.05, 0.1) is 18.5 Å². The number of aromatic amines is 1. The second kappa shape index (κ2) is 4.56. The van der Waals surface area contributed by atoms with Gasteiger partial charge in [-0.25, -0.2) is 4.79 Å². The lowest BCUT2D eigenvalue weighted by Crippen LogP contribution is -2.01. The summed E-state index contributed by atoms with van der Waals surface area (Å²) in [6.07, 6.45) is 0. The molecular formula is C13H14N2O4. The fraction of sp³-hybridized carbons (Fsp3) is 0.154. The summed E-state index contributed by atoms with van der Waals surface area (Å²) < 4.78 is 5.01. The normalized spacial score (nSPS) is 10.4. The molecular weight excluding hydrogens is 248 g/mol. The van der Waals surface area contributed by atoms with Crippen molar-refractivity contribution in [3.63, 3.8) is 0 Å². The average Bonchev–Trinajstić information content (AvgIpc) is 2.65. The van der Waals surface area contributed by atoms with Crippen LogP contribution in [0.15, 0.2) is 18.2 Å². The number of phenols is 1. The minimum Gasteiger partial charge on any atom is -0.504 e. The summed E-state index contributed by atoms with van der Waals surface area (Å²) in [5, 5.41) is 18.6. The van der Waals surface area contributed by atoms with Gasteiger partial charge in [0.1, 0.15) is 5.56 Å². The van der Waals surface area contributed by atoms with Crippen molar-refractivity contribution >= 4 is 11.7 Å². The molecule has 6 heteroatoms. The first kappa shape index (κ1) is 12.8. The average molecular weight is 262 g/mol. The summed E-state index contributed by atoms with van der Waals surface area (Å²) in [5.41, 5.74) is 7.69. The Bertz CT molecular complexity index is 646. The minimum absolute atomic E-state index is 0.00607. The van der Waals surface area contributed by atoms with Gasteiger partial charge in [-0.15, -0.1) is 0 Å². The number of nitrogen functional groups attached to an aromatic ring is 1. The van der Waals surface area contributed by atoms with Crippen LogP contribution in [-0.4, -0.2) is 28.3 Å². The third-order valence-corrected chi connectivity index (χ3v) is 2.91. The molecule has 0 aliphatic heterocycles. The molecule has 0 bridgehead atoms. The van der Waals surface area contributed by atoms with Gasteiger partial charge in [0.2, 0.25) is 0 Å². The lowest BCUT2D eigenvalue weighted by atomic mass is 10.1. The van der Waals surface area contributed by atoms with E-state index in [4.69, 9.17) is 15.6 Å². The van der Waals surface area contributed by atoms with Crippen LogP contribution < -0.4 is 10.5 Å². The molecule has 0 atom stereocenters. The maximum Gasteiger partial charge on any atom is 0.339 e. The van der Waals surface area contributed by atoms with E-state index in [9.17, 15) is 9.90 Å². The molecule has 2 aromatic rings. The van der Waals surface area contributed by atoms with E-state index in [1.54, 1.807) is 19.1 Å². The first-order valence-corrected chi connectivity index (χ1v) is 5.54. The molecule has 5 N–H and O–H groups in total. The largest absolute Gasteiger partial charge is 0.504 e. The lowest BCUT2D eigenvalue weighted by molar-refractivity contribution is 0.0697. The number of benzene rings is 1. The Morgan fingerprint density at radius 1 is 1.42 bits per heavy atom. The monoisotopic (exact) mass is 262 g/mol. The van der Waals surface area contributed by atoms with E-state index in [0.717, 1.165) is 0 Å². The van der Waals surface area contributed by atoms with Crippen LogP contribution in [0.3, 0.4) is 0 Å². The van der Waals surface area contributed by atoms with E-state index >= 15 is 0 Å². The second-order valence-electron chi connectivity index (χ2n) is 4.11. The number of hydrogen-bond donors (Lipinski definition) is 4. The Labute approximate surface area is 109 Å². The predicted octanol–water partition coefficient (Wildman–Crippen LogP) is 1.98. The number of anilines is 1. The molecule has 2 rings (SSSR count). The molecule has 1 aromatic carbocycles. The van der Waals surface area contributed by atoms with Crippen molar-refractivity contribution in [2.45, 2.75) is 6.92 Å². The first-order chi connectivity index (χ1) is 8.95. The van der Waals surface area contributed by atoms with Crippen LogP contribution in [0.4, 0.5) is 5.69 Å². The molecule has 0 saturated carbocycles. The first-order valence-electron chi connectivity index (χ1n) is 5.54. The van der Waals surface area contributed by atoms with E-state index in [0.29, 0.717) is 22.7 Å². The molecule has 0 aliphatic carbocycles. The predicted molar refractivity (Wildman–Crippen MR) is 70.6 cm³/mol. The SMILES string of the molecule is COc1cc(-c2[nH]c(C)c(C(=O)O)c2N)ccc1O. The number of carboxylic acid groups (broad SMARTS) is 1. The fourth-order valence-corrected chi connectivity index (χ4v) is 1.98. The Balaban J connectivity index is 2.60. The lowest BCUT2D eigenvalue weighted by Gasteiger charge is -2.06. The van der Waals surface area contributed by atoms with Crippen molar-refractivity contribution in [3.05, 3.63) is 29.5 Å². The number of nitrogens with two attached hydrogens (primary N) is 1. The molecule has 0 aliphatic rings. The number of aromatic hydroxyl groups is 1. The van der Waals surface area contributed by atoms with Crippen LogP contribution in [0.1, 0.15) is 16.1 Å². The molecule has 0 unspecified atom stereocenters. The number of hydrogen-bond acceptors (Lipinski definition) is 4. The molecule has 1 heterocycles. The van der Waals surface area contributed by atoms with Gasteiger partial charge in [-0.1, -0.05) is 0 Å². The topological polar surface area (TPSA) is 109 Å². The summed E-state index contributed by atoms with van der Waals surface area (Å²) >= 11 is 0. The number of rotatable bonds is 3. The third-order valence-electron chi connectivity index (χ3n) is 2.91. The molecule has 0 spiro atoms. The number of carbonyl (C=O) groups is 1. The van der Waals surface area contributed by atoms with Crippen molar-refractivity contribution in [3.8, 4) is 22.8 Å². The molecule has 19 heavy (non-hydrogen) atoms. The van der Waals surface area contributed by atoms with Gasteiger partial charge in [0, 0.05) is 11.3 Å². The van der Waals surface area contributed by atoms with Crippen LogP contribution in [0.2, 0.25) is 0 Å². The Morgan fingerprint density at radius 3 is 2.63 bits per heavy atom. The number of aryl methyl sites for hydroxylation is 1. The Hall–Kier alpha value is -2.63. The second-order valence-corrected chi connectivity index (χ2v) is 4.11. The van der Waals surface area contributed by atoms with Gasteiger partial charge in [0.15, 0.2) is 11.5 Å². The maximum atomic E-state index is 11.1. The number of methoxy groups -OCH3 is 1. The van der Waals surface area contributed by atoms with Gasteiger partial charge in [-0.3, -0.25) is 0 Å². The zero-order valence-corrected chi connectivity index (χ0v) is 10.5. The minimum atomic E-state index is -1.08. The summed E-state index contributed by atoms with van der Waals surface area (Å²) in [4.78, 5) is 14.0. The van der Waals surface area contributed by atoms with Gasteiger partial charge < -0.3 is 25.7 Å². The number of carboxylic acids is 1. The van der Waals surface area contributed by atoms with Crippen LogP contribution >= 0.6 is 0 Å². The zero-order chi connectivity index (χ0) is 14.2. The molecule has 0 saturated heterocycles. The highest BCUT2D eigenvalue weighted by atomic mass is 16.5. The van der Waals surface area contributed by atoms with E-state index in [-0.39, 0.29) is 17.0 Å². The van der Waals surface area contributed by atoms with E-state index in [1.807, 2.05) is 0 Å². The van der Waals surface area contributed by atoms with Gasteiger partial charge in [0.25, 0.3) is 0 Å². The number of ether oxygens (including phenoxy) is 1. The summed E-state index contributed by atoms with van der Waals surface area (Å²) in [5.74, 6) is -0.782. The quantitative estimate of drug-likeness (QED) is 0.676. The smallest absolute Gasteiger partial charge is 0.339 e. The standard InChI is InChI=1S/C13H14N2O4/c1-6-10(13(17)18)11(14)12(15-6)7-3-4-8(16)9(5-7)19-2/h3-5,15-16H,14H2,1-2H3,(H,17,18). The van der Waals surface area contributed by atoms with Crippen molar-refractivity contribution in [1.82, 2.24) is 4.98 Å². The molecule has 0 amide bonds. The number of aromatic carboxylic acids is 1. The maximum absolute atomic E-state index is 11.1. The van der Waals surface area contributed by atoms with E-state index < -0.39 is 5.97 Å². The van der Waals surface area contributed by atoms with Crippen LogP contribution in [0, 0.1) is 6.92 Å². The molecule has 0 fully saturated rings. The fourth-order valence-electron chi connectivity index (χ4n) is 1.98. The zero-order valence-electron chi connectivity index (χ0n) is 10.5. The van der Waals surface area contributed by atoms with Gasteiger partial charge in [-0.05, 0) is 25.1 Å². The number of aromatic nitrogens is 1. The van der Waals surface area contributed by atoms with Crippen molar-refractivity contribution < 1.29 is 19.7 Å². The van der Waals surface area contributed by atoms with E-state index in [2.05, 4.69) is 4.98 Å². The summed E-state index contributed by atoms with van der Waals surface area (Å²) in [6, 6.07) is 4.68. The van der Waals surface area contributed by atoms with E-state index in [1.165, 1.54) is 13.2 Å². The molecule has 0 radical (unpaired) electrons. The third kappa shape index (κ3) is 2.08. The number of nitrogens with one attached hydrogen (secondary N) is 1. The highest BCUT2D eigenvalue weighted by molar-refractivity contribution is 5.99. The van der Waals surface area contributed by atoms with Crippen molar-refractivity contribution in [2.75, 3.05) is 12.8 Å². The highest BCUT2D eigenvalue weighted by Crippen LogP contribution is 2.35. The Morgan fingerprint density at radius 2 is 2.11 bits per heavy atom. The number of H-pyrrole nitrogens is 1. The van der Waals surface area contributed by atoms with Crippen molar-refractivity contribution in [2.24, 2.45) is 0 Å². The van der Waals surface area contributed by atoms with Crippen molar-refractivity contribution in [1.29, 1.82) is 0 Å². The molecule has 100 valence electrons.